The maximum atomic E-state index is 12.8. The van der Waals surface area contributed by atoms with Gasteiger partial charge in [-0.25, -0.2) is 4.79 Å². The molecule has 2 heterocycles. The number of anilines is 2. The molecule has 2 aromatic carbocycles. The Morgan fingerprint density at radius 3 is 2.29 bits per heavy atom. The van der Waals surface area contributed by atoms with Crippen molar-refractivity contribution in [1.29, 1.82) is 0 Å². The third-order valence-electron chi connectivity index (χ3n) is 4.82. The lowest BCUT2D eigenvalue weighted by Gasteiger charge is -2.24. The number of nitrogens with zero attached hydrogens (tertiary/aromatic N) is 2. The number of pyridine rings is 1. The Labute approximate surface area is 183 Å². The standard InChI is InChI=1S/C23H19ClN4O3/c24-16-6-8-18(9-7-16)26-23(31)28-15-3-4-20(28)22(30)25-17-10-12-19(13-11-17)27-14-2-1-5-21(27)29/h1-14,20H,15H2,(H,25,30)(H,26,31). The summed E-state index contributed by atoms with van der Waals surface area (Å²) in [5.74, 6) is -0.329. The fourth-order valence-corrected chi connectivity index (χ4v) is 3.38. The number of carbonyl (C=O) groups excluding carboxylic acids is 2. The fraction of sp³-hybridized carbons (Fsp3) is 0.0870. The Morgan fingerprint density at radius 2 is 1.58 bits per heavy atom. The van der Waals surface area contributed by atoms with Crippen LogP contribution >= 0.6 is 11.6 Å². The number of carbonyl (C=O) groups is 2. The van der Waals surface area contributed by atoms with E-state index in [4.69, 9.17) is 11.6 Å². The predicted octanol–water partition coefficient (Wildman–Crippen LogP) is 3.90. The van der Waals surface area contributed by atoms with Crippen LogP contribution in [0.5, 0.6) is 0 Å². The summed E-state index contributed by atoms with van der Waals surface area (Å²) in [5, 5.41) is 6.15. The van der Waals surface area contributed by atoms with E-state index < -0.39 is 6.04 Å². The third kappa shape index (κ3) is 4.67. The van der Waals surface area contributed by atoms with Gasteiger partial charge in [-0.1, -0.05) is 29.8 Å². The zero-order chi connectivity index (χ0) is 21.8. The molecule has 31 heavy (non-hydrogen) atoms. The first-order valence-electron chi connectivity index (χ1n) is 9.60. The predicted molar refractivity (Wildman–Crippen MR) is 121 cm³/mol. The topological polar surface area (TPSA) is 83.4 Å². The number of benzene rings is 2. The highest BCUT2D eigenvalue weighted by atomic mass is 35.5. The summed E-state index contributed by atoms with van der Waals surface area (Å²) in [6.45, 7) is 0.327. The maximum Gasteiger partial charge on any atom is 0.323 e. The molecule has 3 aromatic rings. The number of aromatic nitrogens is 1. The van der Waals surface area contributed by atoms with Gasteiger partial charge in [0.25, 0.3) is 11.5 Å². The second-order valence-corrected chi connectivity index (χ2v) is 7.34. The van der Waals surface area contributed by atoms with Crippen LogP contribution in [-0.4, -0.2) is 34.0 Å². The largest absolute Gasteiger partial charge is 0.324 e. The minimum Gasteiger partial charge on any atom is -0.324 e. The number of urea groups is 1. The first-order valence-corrected chi connectivity index (χ1v) is 9.98. The van der Waals surface area contributed by atoms with E-state index in [0.717, 1.165) is 0 Å². The Balaban J connectivity index is 1.42. The van der Waals surface area contributed by atoms with E-state index in [9.17, 15) is 14.4 Å². The van der Waals surface area contributed by atoms with E-state index in [1.165, 1.54) is 15.5 Å². The second-order valence-electron chi connectivity index (χ2n) is 6.91. The van der Waals surface area contributed by atoms with Gasteiger partial charge in [-0.2, -0.15) is 0 Å². The lowest BCUT2D eigenvalue weighted by Crippen LogP contribution is -2.45. The molecule has 1 aliphatic rings. The van der Waals surface area contributed by atoms with Crippen molar-refractivity contribution in [3.8, 4) is 5.69 Å². The van der Waals surface area contributed by atoms with E-state index >= 15 is 0 Å². The molecule has 4 rings (SSSR count). The van der Waals surface area contributed by atoms with Gasteiger partial charge >= 0.3 is 6.03 Å². The van der Waals surface area contributed by atoms with Crippen molar-refractivity contribution in [2.75, 3.05) is 17.2 Å². The molecule has 8 heteroatoms. The smallest absolute Gasteiger partial charge is 0.323 e. The highest BCUT2D eigenvalue weighted by Crippen LogP contribution is 2.18. The minimum absolute atomic E-state index is 0.141. The molecule has 0 saturated heterocycles. The highest BCUT2D eigenvalue weighted by Gasteiger charge is 2.30. The van der Waals surface area contributed by atoms with Crippen LogP contribution in [0.3, 0.4) is 0 Å². The summed E-state index contributed by atoms with van der Waals surface area (Å²) < 4.78 is 1.51. The quantitative estimate of drug-likeness (QED) is 0.611. The lowest BCUT2D eigenvalue weighted by molar-refractivity contribution is -0.118. The second kappa shape index (κ2) is 8.89. The number of hydrogen-bond acceptors (Lipinski definition) is 3. The molecule has 0 spiro atoms. The van der Waals surface area contributed by atoms with E-state index in [-0.39, 0.29) is 17.5 Å². The molecule has 0 radical (unpaired) electrons. The van der Waals surface area contributed by atoms with Crippen LogP contribution in [0.25, 0.3) is 5.69 Å². The Hall–Kier alpha value is -3.84. The molecular weight excluding hydrogens is 416 g/mol. The Bertz CT molecular complexity index is 1190. The molecular formula is C23H19ClN4O3. The van der Waals surface area contributed by atoms with Gasteiger partial charge in [0.2, 0.25) is 0 Å². The molecule has 0 aliphatic carbocycles. The lowest BCUT2D eigenvalue weighted by atomic mass is 10.2. The van der Waals surface area contributed by atoms with Crippen LogP contribution in [0.2, 0.25) is 5.02 Å². The number of nitrogens with one attached hydrogen (secondary N) is 2. The molecule has 1 aromatic heterocycles. The van der Waals surface area contributed by atoms with Crippen molar-refractivity contribution in [2.45, 2.75) is 6.04 Å². The molecule has 7 nitrogen and oxygen atoms in total. The number of halogens is 1. The Kier molecular flexibility index (Phi) is 5.86. The number of amides is 3. The fourth-order valence-electron chi connectivity index (χ4n) is 3.25. The van der Waals surface area contributed by atoms with E-state index in [1.807, 2.05) is 0 Å². The molecule has 3 amide bonds. The van der Waals surface area contributed by atoms with Crippen LogP contribution in [-0.2, 0) is 4.79 Å². The number of rotatable bonds is 4. The van der Waals surface area contributed by atoms with Gasteiger partial charge in [0.05, 0.1) is 0 Å². The van der Waals surface area contributed by atoms with Gasteiger partial charge in [-0.3, -0.25) is 14.2 Å². The summed E-state index contributed by atoms with van der Waals surface area (Å²) in [7, 11) is 0. The highest BCUT2D eigenvalue weighted by molar-refractivity contribution is 6.30. The van der Waals surface area contributed by atoms with Gasteiger partial charge in [-0.15, -0.1) is 0 Å². The van der Waals surface area contributed by atoms with Crippen molar-refractivity contribution < 1.29 is 9.59 Å². The van der Waals surface area contributed by atoms with Gasteiger partial charge in [0.1, 0.15) is 6.04 Å². The molecule has 1 aliphatic heterocycles. The summed E-state index contributed by atoms with van der Waals surface area (Å²) in [4.78, 5) is 38.8. The van der Waals surface area contributed by atoms with Crippen molar-refractivity contribution in [3.05, 3.63) is 100 Å². The molecule has 2 N–H and O–H groups in total. The van der Waals surface area contributed by atoms with Crippen molar-refractivity contribution in [1.82, 2.24) is 9.47 Å². The minimum atomic E-state index is -0.733. The third-order valence-corrected chi connectivity index (χ3v) is 5.07. The number of hydrogen-bond donors (Lipinski definition) is 2. The van der Waals surface area contributed by atoms with Crippen molar-refractivity contribution >= 4 is 34.9 Å². The molecule has 0 bridgehead atoms. The van der Waals surface area contributed by atoms with Crippen LogP contribution < -0.4 is 16.2 Å². The molecule has 0 fully saturated rings. The zero-order valence-electron chi connectivity index (χ0n) is 16.4. The molecule has 1 unspecified atom stereocenters. The summed E-state index contributed by atoms with van der Waals surface area (Å²) in [5.41, 5.74) is 1.70. The average Bonchev–Trinajstić information content (AvgIpc) is 3.27. The van der Waals surface area contributed by atoms with E-state index in [0.29, 0.717) is 28.6 Å². The first kappa shape index (κ1) is 20.4. The van der Waals surface area contributed by atoms with Gasteiger partial charge < -0.3 is 15.5 Å². The normalized spacial score (nSPS) is 15.0. The SMILES string of the molecule is O=C(Nc1ccc(-n2ccccc2=O)cc1)C1C=CCN1C(=O)Nc1ccc(Cl)cc1. The van der Waals surface area contributed by atoms with Crippen LogP contribution in [0.1, 0.15) is 0 Å². The van der Waals surface area contributed by atoms with Crippen LogP contribution in [0.15, 0.2) is 89.9 Å². The molecule has 156 valence electrons. The van der Waals surface area contributed by atoms with E-state index in [2.05, 4.69) is 10.6 Å². The van der Waals surface area contributed by atoms with Crippen molar-refractivity contribution in [2.24, 2.45) is 0 Å². The van der Waals surface area contributed by atoms with E-state index in [1.54, 1.807) is 79.0 Å². The van der Waals surface area contributed by atoms with Crippen LogP contribution in [0, 0.1) is 0 Å². The first-order chi connectivity index (χ1) is 15.0. The monoisotopic (exact) mass is 434 g/mol. The summed E-state index contributed by atoms with van der Waals surface area (Å²) >= 11 is 5.87. The van der Waals surface area contributed by atoms with Gasteiger partial charge in [0, 0.05) is 40.9 Å². The molecule has 0 saturated carbocycles. The maximum absolute atomic E-state index is 12.8. The van der Waals surface area contributed by atoms with Gasteiger partial charge in [-0.05, 0) is 54.6 Å². The zero-order valence-corrected chi connectivity index (χ0v) is 17.1. The summed E-state index contributed by atoms with van der Waals surface area (Å²) in [6, 6.07) is 17.5. The molecule has 1 atom stereocenters. The summed E-state index contributed by atoms with van der Waals surface area (Å²) in [6.07, 6.45) is 5.14. The van der Waals surface area contributed by atoms with Gasteiger partial charge in [0.15, 0.2) is 0 Å². The van der Waals surface area contributed by atoms with Crippen LogP contribution in [0.4, 0.5) is 16.2 Å². The Morgan fingerprint density at radius 1 is 0.903 bits per heavy atom. The van der Waals surface area contributed by atoms with Crippen molar-refractivity contribution in [3.63, 3.8) is 0 Å². The average molecular weight is 435 g/mol.